The lowest BCUT2D eigenvalue weighted by Crippen LogP contribution is -2.56. The summed E-state index contributed by atoms with van der Waals surface area (Å²) in [7, 11) is 0. The second-order valence-corrected chi connectivity index (χ2v) is 14.9. The van der Waals surface area contributed by atoms with E-state index in [9.17, 15) is 9.90 Å². The van der Waals surface area contributed by atoms with E-state index in [2.05, 4.69) is 42.9 Å². The van der Waals surface area contributed by atoms with Crippen molar-refractivity contribution in [3.05, 3.63) is 41.6 Å². The van der Waals surface area contributed by atoms with E-state index in [1.165, 1.54) is 36.9 Å². The highest BCUT2D eigenvalue weighted by Gasteiger charge is 2.37. The van der Waals surface area contributed by atoms with Crippen LogP contribution >= 0.6 is 0 Å². The molecule has 10 heteroatoms. The number of hydrogen-bond donors (Lipinski definition) is 2. The van der Waals surface area contributed by atoms with Crippen LogP contribution in [0.5, 0.6) is 5.75 Å². The number of piperazine rings is 1. The van der Waals surface area contributed by atoms with Crippen molar-refractivity contribution in [1.29, 1.82) is 0 Å². The number of benzene rings is 1. The molecule has 7 rings (SSSR count). The van der Waals surface area contributed by atoms with Crippen molar-refractivity contribution >= 4 is 17.1 Å². The zero-order valence-electron chi connectivity index (χ0n) is 28.0. The van der Waals surface area contributed by atoms with E-state index in [0.29, 0.717) is 29.9 Å². The van der Waals surface area contributed by atoms with E-state index >= 15 is 0 Å². The molecule has 1 amide bonds. The molecular weight excluding hydrogens is 578 g/mol. The Morgan fingerprint density at radius 3 is 2.15 bits per heavy atom. The fraction of sp³-hybridized carbons (Fsp3) is 0.639. The van der Waals surface area contributed by atoms with Crippen molar-refractivity contribution in [2.45, 2.75) is 102 Å². The molecule has 10 nitrogen and oxygen atoms in total. The lowest BCUT2D eigenvalue weighted by atomic mass is 9.86. The molecule has 2 N–H and O–H groups in total. The molecule has 1 aromatic carbocycles. The number of para-hydroxylation sites is 1. The van der Waals surface area contributed by atoms with Crippen molar-refractivity contribution in [3.63, 3.8) is 0 Å². The molecule has 0 radical (unpaired) electrons. The van der Waals surface area contributed by atoms with Gasteiger partial charge in [0.05, 0.1) is 5.69 Å². The molecule has 3 aliphatic heterocycles. The number of nitrogens with one attached hydrogen (secondary N) is 1. The first-order valence-electron chi connectivity index (χ1n) is 17.5. The molecule has 1 aliphatic carbocycles. The highest BCUT2D eigenvalue weighted by Crippen LogP contribution is 2.40. The molecule has 4 aliphatic rings. The summed E-state index contributed by atoms with van der Waals surface area (Å²) in [6.45, 7) is 15.4. The van der Waals surface area contributed by atoms with E-state index in [1.54, 1.807) is 6.07 Å². The highest BCUT2D eigenvalue weighted by atomic mass is 16.6. The van der Waals surface area contributed by atoms with E-state index in [4.69, 9.17) is 4.74 Å². The molecule has 248 valence electrons. The molecule has 3 fully saturated rings. The molecule has 0 bridgehead atoms. The molecule has 5 heterocycles. The van der Waals surface area contributed by atoms with Gasteiger partial charge in [-0.2, -0.15) is 0 Å². The molecule has 46 heavy (non-hydrogen) atoms. The second-order valence-electron chi connectivity index (χ2n) is 14.9. The van der Waals surface area contributed by atoms with E-state index in [1.807, 2.05) is 43.9 Å². The first kappa shape index (κ1) is 31.4. The molecule has 2 saturated heterocycles. The van der Waals surface area contributed by atoms with Crippen LogP contribution in [0.4, 0.5) is 4.79 Å². The Kier molecular flexibility index (Phi) is 8.71. The number of aromatic amines is 1. The number of aromatic nitrogens is 3. The van der Waals surface area contributed by atoms with Crippen LogP contribution in [-0.2, 0) is 11.2 Å². The Morgan fingerprint density at radius 2 is 1.50 bits per heavy atom. The smallest absolute Gasteiger partial charge is 0.410 e. The van der Waals surface area contributed by atoms with E-state index in [-0.39, 0.29) is 11.8 Å². The molecule has 0 spiro atoms. The fourth-order valence-electron chi connectivity index (χ4n) is 8.62. The van der Waals surface area contributed by atoms with Crippen LogP contribution in [0.3, 0.4) is 0 Å². The topological polar surface area (TPSA) is 101 Å². The van der Waals surface area contributed by atoms with Gasteiger partial charge in [0.25, 0.3) is 0 Å². The average Bonchev–Trinajstić information content (AvgIpc) is 3.43. The lowest BCUT2D eigenvalue weighted by molar-refractivity contribution is 0.00314. The number of carbonyl (C=O) groups is 1. The predicted octanol–water partition coefficient (Wildman–Crippen LogP) is 5.58. The minimum absolute atomic E-state index is 0.167. The molecule has 0 unspecified atom stereocenters. The first-order valence-corrected chi connectivity index (χ1v) is 17.5. The van der Waals surface area contributed by atoms with Crippen LogP contribution in [0.15, 0.2) is 30.3 Å². The highest BCUT2D eigenvalue weighted by molar-refractivity contribution is 5.86. The summed E-state index contributed by atoms with van der Waals surface area (Å²) in [4.78, 5) is 26.1. The minimum Gasteiger partial charge on any atom is -0.507 e. The number of ether oxygens (including phenoxy) is 1. The Bertz CT molecular complexity index is 1530. The Labute approximate surface area is 273 Å². The largest absolute Gasteiger partial charge is 0.507 e. The quantitative estimate of drug-likeness (QED) is 0.386. The van der Waals surface area contributed by atoms with Crippen molar-refractivity contribution in [3.8, 4) is 17.0 Å². The number of piperidine rings is 1. The first-order chi connectivity index (χ1) is 22.1. The monoisotopic (exact) mass is 629 g/mol. The fourth-order valence-corrected chi connectivity index (χ4v) is 8.62. The van der Waals surface area contributed by atoms with Gasteiger partial charge in [0.2, 0.25) is 0 Å². The van der Waals surface area contributed by atoms with Crippen LogP contribution in [0.1, 0.15) is 83.5 Å². The van der Waals surface area contributed by atoms with Gasteiger partial charge in [-0.15, -0.1) is 10.2 Å². The zero-order valence-corrected chi connectivity index (χ0v) is 28.0. The Morgan fingerprint density at radius 1 is 0.870 bits per heavy atom. The third kappa shape index (κ3) is 6.36. The molecule has 1 atom stereocenters. The SMILES string of the molecule is C[C@@H]1c2c([nH]c3nnc(-c4ccccc4O)cc23)CCN1C1CCC(N2CCN(C3CCN(C(=O)OC(C)(C)C)CC3)CC2)CC1. The molecular formula is C36H51N7O3. The third-order valence-electron chi connectivity index (χ3n) is 11.0. The number of rotatable bonds is 4. The zero-order chi connectivity index (χ0) is 32.0. The summed E-state index contributed by atoms with van der Waals surface area (Å²) in [5.41, 5.74) is 4.46. The lowest BCUT2D eigenvalue weighted by Gasteiger charge is -2.47. The van der Waals surface area contributed by atoms with Gasteiger partial charge in [0.1, 0.15) is 11.4 Å². The number of phenolic OH excluding ortho intramolecular Hbond substituents is 1. The standard InChI is InChI=1S/C36H51N7O3/c1-24-33-29-23-31(28-7-5-6-8-32(28)44)38-39-34(29)37-30(33)15-18-43(24)27-11-9-25(10-12-27)40-19-21-41(22-20-40)26-13-16-42(17-14-26)35(45)46-36(2,3)4/h5-8,23-27,44H,9-22H2,1-4H3,(H,37,39)/t24-,25?,27?/m1/s1. The number of nitrogens with zero attached hydrogens (tertiary/aromatic N) is 6. The van der Waals surface area contributed by atoms with Crippen molar-refractivity contribution in [2.75, 3.05) is 45.8 Å². The second kappa shape index (κ2) is 12.8. The Hall–Kier alpha value is -3.21. The van der Waals surface area contributed by atoms with Gasteiger partial charge >= 0.3 is 6.09 Å². The average molecular weight is 630 g/mol. The Balaban J connectivity index is 0.917. The van der Waals surface area contributed by atoms with Crippen molar-refractivity contribution in [1.82, 2.24) is 34.8 Å². The van der Waals surface area contributed by atoms with E-state index < -0.39 is 5.60 Å². The molecule has 2 aromatic heterocycles. The number of amides is 1. The summed E-state index contributed by atoms with van der Waals surface area (Å²) in [6, 6.07) is 11.6. The van der Waals surface area contributed by atoms with Gasteiger partial charge < -0.3 is 19.7 Å². The van der Waals surface area contributed by atoms with Gasteiger partial charge in [0.15, 0.2) is 5.65 Å². The van der Waals surface area contributed by atoms with Crippen LogP contribution in [0.2, 0.25) is 0 Å². The van der Waals surface area contributed by atoms with Crippen LogP contribution < -0.4 is 0 Å². The summed E-state index contributed by atoms with van der Waals surface area (Å²) < 4.78 is 5.59. The third-order valence-corrected chi connectivity index (χ3v) is 11.0. The number of aromatic hydroxyl groups is 1. The summed E-state index contributed by atoms with van der Waals surface area (Å²) in [5, 5.41) is 20.5. The molecule has 3 aromatic rings. The molecule has 1 saturated carbocycles. The van der Waals surface area contributed by atoms with Gasteiger partial charge in [-0.25, -0.2) is 4.79 Å². The van der Waals surface area contributed by atoms with E-state index in [0.717, 1.165) is 81.7 Å². The number of fused-ring (bicyclic) bond motifs is 3. The van der Waals surface area contributed by atoms with Crippen molar-refractivity contribution < 1.29 is 14.6 Å². The maximum Gasteiger partial charge on any atom is 0.410 e. The number of phenols is 1. The number of H-pyrrole nitrogens is 1. The van der Waals surface area contributed by atoms with Gasteiger partial charge in [-0.3, -0.25) is 14.7 Å². The van der Waals surface area contributed by atoms with Crippen LogP contribution in [0, 0.1) is 0 Å². The van der Waals surface area contributed by atoms with Gasteiger partial charge in [0, 0.05) is 93.0 Å². The summed E-state index contributed by atoms with van der Waals surface area (Å²) in [6.07, 6.45) is 7.95. The van der Waals surface area contributed by atoms with Crippen molar-refractivity contribution in [2.24, 2.45) is 0 Å². The summed E-state index contributed by atoms with van der Waals surface area (Å²) >= 11 is 0. The number of carbonyl (C=O) groups excluding carboxylic acids is 1. The predicted molar refractivity (Wildman–Crippen MR) is 180 cm³/mol. The normalized spacial score (nSPS) is 25.9. The van der Waals surface area contributed by atoms with Gasteiger partial charge in [-0.1, -0.05) is 12.1 Å². The number of hydrogen-bond acceptors (Lipinski definition) is 8. The minimum atomic E-state index is -0.439. The number of likely N-dealkylation sites (tertiary alicyclic amines) is 1. The maximum atomic E-state index is 12.5. The van der Waals surface area contributed by atoms with Gasteiger partial charge in [-0.05, 0) is 90.0 Å². The van der Waals surface area contributed by atoms with Crippen LogP contribution in [0.25, 0.3) is 22.3 Å². The van der Waals surface area contributed by atoms with Crippen LogP contribution in [-0.4, -0.2) is 116 Å². The summed E-state index contributed by atoms with van der Waals surface area (Å²) in [5.74, 6) is 0.231. The maximum absolute atomic E-state index is 12.5.